The van der Waals surface area contributed by atoms with Gasteiger partial charge in [0.25, 0.3) is 0 Å². The Morgan fingerprint density at radius 3 is 2.90 bits per heavy atom. The average Bonchev–Trinajstić information content (AvgIpc) is 2.98. The third-order valence-electron chi connectivity index (χ3n) is 3.29. The van der Waals surface area contributed by atoms with Crippen molar-refractivity contribution < 1.29 is 13.2 Å². The lowest BCUT2D eigenvalue weighted by Crippen LogP contribution is -2.44. The van der Waals surface area contributed by atoms with Crippen LogP contribution in [-0.2, 0) is 21.9 Å². The molecule has 2 rings (SSSR count). The van der Waals surface area contributed by atoms with Crippen LogP contribution in [0.2, 0.25) is 0 Å². The number of nitrogens with zero attached hydrogens (tertiary/aromatic N) is 3. The summed E-state index contributed by atoms with van der Waals surface area (Å²) in [6.07, 6.45) is 3.54. The highest BCUT2D eigenvalue weighted by Crippen LogP contribution is 2.23. The van der Waals surface area contributed by atoms with Gasteiger partial charge in [-0.2, -0.15) is 9.40 Å². The maximum Gasteiger partial charge on any atom is 0.244 e. The molecule has 20 heavy (non-hydrogen) atoms. The zero-order chi connectivity index (χ0) is 14.8. The number of hydrogen-bond acceptors (Lipinski definition) is 4. The molecular weight excluding hydrogens is 280 g/mol. The van der Waals surface area contributed by atoms with Gasteiger partial charge in [-0.3, -0.25) is 9.48 Å². The average molecular weight is 300 g/mol. The van der Waals surface area contributed by atoms with Crippen LogP contribution in [-0.4, -0.2) is 46.8 Å². The first-order valence-electron chi connectivity index (χ1n) is 6.74. The molecular formula is C12H20N4O3S. The Hall–Kier alpha value is -1.41. The van der Waals surface area contributed by atoms with Crippen LogP contribution in [0.15, 0.2) is 12.3 Å². The molecule has 0 unspecified atom stereocenters. The maximum atomic E-state index is 12.2. The molecule has 1 aliphatic heterocycles. The molecule has 7 nitrogen and oxygen atoms in total. The first kappa shape index (κ1) is 15.0. The molecule has 0 spiro atoms. The van der Waals surface area contributed by atoms with E-state index in [1.165, 1.54) is 4.31 Å². The zero-order valence-corrected chi connectivity index (χ0v) is 12.6. The monoisotopic (exact) mass is 300 g/mol. The van der Waals surface area contributed by atoms with Crippen LogP contribution in [0.1, 0.15) is 26.2 Å². The summed E-state index contributed by atoms with van der Waals surface area (Å²) in [6.45, 7) is 2.24. The highest BCUT2D eigenvalue weighted by atomic mass is 32.2. The number of carbonyl (C=O) groups is 1. The molecule has 0 aliphatic carbocycles. The van der Waals surface area contributed by atoms with Crippen molar-refractivity contribution >= 4 is 21.7 Å². The van der Waals surface area contributed by atoms with Crippen LogP contribution in [0.3, 0.4) is 0 Å². The van der Waals surface area contributed by atoms with Crippen molar-refractivity contribution in [3.05, 3.63) is 12.3 Å². The topological polar surface area (TPSA) is 84.3 Å². The molecule has 1 aliphatic rings. The number of aromatic nitrogens is 2. The Kier molecular flexibility index (Phi) is 4.44. The summed E-state index contributed by atoms with van der Waals surface area (Å²) in [5.41, 5.74) is 0. The van der Waals surface area contributed by atoms with E-state index in [0.717, 1.165) is 0 Å². The Morgan fingerprint density at radius 1 is 1.55 bits per heavy atom. The molecule has 8 heteroatoms. The lowest BCUT2D eigenvalue weighted by Gasteiger charge is -2.22. The van der Waals surface area contributed by atoms with Crippen LogP contribution in [0.4, 0.5) is 5.82 Å². The third-order valence-corrected chi connectivity index (χ3v) is 5.37. The number of rotatable bonds is 5. The Labute approximate surface area is 119 Å². The molecule has 1 atom stereocenters. The fourth-order valence-electron chi connectivity index (χ4n) is 2.40. The second kappa shape index (κ2) is 5.92. The number of amides is 1. The van der Waals surface area contributed by atoms with E-state index in [1.54, 1.807) is 24.0 Å². The summed E-state index contributed by atoms with van der Waals surface area (Å²) in [7, 11) is -1.59. The summed E-state index contributed by atoms with van der Waals surface area (Å²) in [4.78, 5) is 12.2. The molecule has 1 fully saturated rings. The number of anilines is 1. The van der Waals surface area contributed by atoms with Crippen molar-refractivity contribution in [3.8, 4) is 0 Å². The molecule has 1 amide bonds. The van der Waals surface area contributed by atoms with Crippen molar-refractivity contribution in [1.82, 2.24) is 14.1 Å². The van der Waals surface area contributed by atoms with Gasteiger partial charge in [0.1, 0.15) is 6.04 Å². The van der Waals surface area contributed by atoms with Crippen LogP contribution in [0, 0.1) is 0 Å². The van der Waals surface area contributed by atoms with E-state index in [1.807, 2.05) is 6.92 Å². The van der Waals surface area contributed by atoms with Crippen molar-refractivity contribution in [1.29, 1.82) is 0 Å². The highest BCUT2D eigenvalue weighted by Gasteiger charge is 2.38. The van der Waals surface area contributed by atoms with Crippen molar-refractivity contribution in [3.63, 3.8) is 0 Å². The van der Waals surface area contributed by atoms with E-state index < -0.39 is 16.1 Å². The number of sulfonamides is 1. The van der Waals surface area contributed by atoms with Crippen LogP contribution in [0.25, 0.3) is 0 Å². The fourth-order valence-corrected chi connectivity index (χ4v) is 4.15. The number of hydrogen-bond donors (Lipinski definition) is 1. The van der Waals surface area contributed by atoms with Gasteiger partial charge in [0.05, 0.1) is 5.75 Å². The minimum atomic E-state index is -3.34. The van der Waals surface area contributed by atoms with Crippen LogP contribution in [0.5, 0.6) is 0 Å². The second-order valence-corrected chi connectivity index (χ2v) is 6.99. The van der Waals surface area contributed by atoms with Gasteiger partial charge >= 0.3 is 0 Å². The molecule has 1 saturated heterocycles. The SMILES string of the molecule is CCCS(=O)(=O)N1CCC[C@@H]1C(=O)Nc1ccn(C)n1. The van der Waals surface area contributed by atoms with E-state index >= 15 is 0 Å². The van der Waals surface area contributed by atoms with Gasteiger partial charge in [-0.25, -0.2) is 8.42 Å². The van der Waals surface area contributed by atoms with Gasteiger partial charge < -0.3 is 5.32 Å². The van der Waals surface area contributed by atoms with E-state index in [0.29, 0.717) is 31.6 Å². The van der Waals surface area contributed by atoms with Crippen LogP contribution >= 0.6 is 0 Å². The van der Waals surface area contributed by atoms with E-state index in [-0.39, 0.29) is 11.7 Å². The Bertz CT molecular complexity index is 581. The number of nitrogens with one attached hydrogen (secondary N) is 1. The lowest BCUT2D eigenvalue weighted by molar-refractivity contribution is -0.119. The number of carbonyl (C=O) groups excluding carboxylic acids is 1. The molecule has 0 saturated carbocycles. The normalized spacial score (nSPS) is 20.2. The summed E-state index contributed by atoms with van der Waals surface area (Å²) in [6, 6.07) is 1.06. The van der Waals surface area contributed by atoms with E-state index in [4.69, 9.17) is 0 Å². The van der Waals surface area contributed by atoms with Crippen LogP contribution < -0.4 is 5.32 Å². The minimum Gasteiger partial charge on any atom is -0.308 e. The molecule has 0 bridgehead atoms. The second-order valence-electron chi connectivity index (χ2n) is 4.95. The number of aryl methyl sites for hydroxylation is 1. The maximum absolute atomic E-state index is 12.2. The molecule has 1 N–H and O–H groups in total. The van der Waals surface area contributed by atoms with Gasteiger partial charge in [-0.1, -0.05) is 6.92 Å². The summed E-state index contributed by atoms with van der Waals surface area (Å²) in [5.74, 6) is 0.221. The Balaban J connectivity index is 2.08. The molecule has 112 valence electrons. The van der Waals surface area contributed by atoms with Gasteiger partial charge in [-0.05, 0) is 19.3 Å². The van der Waals surface area contributed by atoms with Gasteiger partial charge in [0.2, 0.25) is 15.9 Å². The van der Waals surface area contributed by atoms with Gasteiger partial charge in [0, 0.05) is 25.9 Å². The third kappa shape index (κ3) is 3.18. The highest BCUT2D eigenvalue weighted by molar-refractivity contribution is 7.89. The van der Waals surface area contributed by atoms with E-state index in [9.17, 15) is 13.2 Å². The predicted molar refractivity (Wildman–Crippen MR) is 75.6 cm³/mol. The zero-order valence-electron chi connectivity index (χ0n) is 11.7. The quantitative estimate of drug-likeness (QED) is 0.861. The molecule has 0 aromatic carbocycles. The summed E-state index contributed by atoms with van der Waals surface area (Å²) >= 11 is 0. The lowest BCUT2D eigenvalue weighted by atomic mass is 10.2. The summed E-state index contributed by atoms with van der Waals surface area (Å²) < 4.78 is 27.2. The minimum absolute atomic E-state index is 0.0837. The van der Waals surface area contributed by atoms with Crippen molar-refractivity contribution in [2.45, 2.75) is 32.2 Å². The first-order chi connectivity index (χ1) is 9.44. The van der Waals surface area contributed by atoms with Crippen molar-refractivity contribution in [2.24, 2.45) is 7.05 Å². The Morgan fingerprint density at radius 2 is 2.30 bits per heavy atom. The standard InChI is InChI=1S/C12H20N4O3S/c1-3-9-20(18,19)16-7-4-5-10(16)12(17)13-11-6-8-15(2)14-11/h6,8,10H,3-5,7,9H2,1-2H3,(H,13,14,17)/t10-/m1/s1. The largest absolute Gasteiger partial charge is 0.308 e. The van der Waals surface area contributed by atoms with Gasteiger partial charge in [0.15, 0.2) is 5.82 Å². The molecule has 1 aromatic rings. The molecule has 2 heterocycles. The van der Waals surface area contributed by atoms with Crippen molar-refractivity contribution in [2.75, 3.05) is 17.6 Å². The summed E-state index contributed by atoms with van der Waals surface area (Å²) in [5, 5.41) is 6.73. The smallest absolute Gasteiger partial charge is 0.244 e. The molecule has 1 aromatic heterocycles. The fraction of sp³-hybridized carbons (Fsp3) is 0.667. The first-order valence-corrected chi connectivity index (χ1v) is 8.35. The predicted octanol–water partition coefficient (Wildman–Crippen LogP) is 0.563. The van der Waals surface area contributed by atoms with E-state index in [2.05, 4.69) is 10.4 Å². The van der Waals surface area contributed by atoms with Gasteiger partial charge in [-0.15, -0.1) is 0 Å². The molecule has 0 radical (unpaired) electrons.